The van der Waals surface area contributed by atoms with Gasteiger partial charge in [-0.15, -0.1) is 0 Å². The van der Waals surface area contributed by atoms with Crippen LogP contribution in [0.1, 0.15) is 58.5 Å². The number of carbonyl (C=O) groups excluding carboxylic acids is 2. The molecule has 234 valence electrons. The van der Waals surface area contributed by atoms with Gasteiger partial charge in [-0.25, -0.2) is 19.9 Å². The zero-order valence-corrected chi connectivity index (χ0v) is 27.4. The molecule has 4 N–H and O–H groups in total. The van der Waals surface area contributed by atoms with Crippen molar-refractivity contribution < 1.29 is 9.59 Å². The SMILES string of the molecule is CCC(NC(=O)c1cccc2nc3c(Cl)ccc(C)c3nc12)C(N)C(CC)NC(=O)c1cccc2nc3c(Cl)ccc(C)c3nc12. The van der Waals surface area contributed by atoms with Gasteiger partial charge >= 0.3 is 0 Å². The molecule has 9 nitrogen and oxygen atoms in total. The van der Waals surface area contributed by atoms with E-state index in [1.54, 1.807) is 48.5 Å². The Balaban J connectivity index is 1.26. The second kappa shape index (κ2) is 12.7. The van der Waals surface area contributed by atoms with Crippen molar-refractivity contribution in [2.75, 3.05) is 0 Å². The molecule has 11 heteroatoms. The quantitative estimate of drug-likeness (QED) is 0.153. The van der Waals surface area contributed by atoms with Gasteiger partial charge in [0.2, 0.25) is 0 Å². The maximum absolute atomic E-state index is 13.7. The molecular weight excluding hydrogens is 621 g/mol. The first-order valence-electron chi connectivity index (χ1n) is 15.2. The molecule has 2 atom stereocenters. The van der Waals surface area contributed by atoms with Crippen LogP contribution in [0.15, 0.2) is 60.7 Å². The fraction of sp³-hybridized carbons (Fsp3) is 0.257. The van der Waals surface area contributed by atoms with Crippen LogP contribution in [-0.2, 0) is 0 Å². The molecule has 0 aliphatic rings. The van der Waals surface area contributed by atoms with Gasteiger partial charge in [0.1, 0.15) is 22.1 Å². The monoisotopic (exact) mass is 653 g/mol. The van der Waals surface area contributed by atoms with E-state index in [1.165, 1.54) is 0 Å². The molecule has 2 aromatic heterocycles. The molecule has 0 aliphatic carbocycles. The number of nitrogens with zero attached hydrogens (tertiary/aromatic N) is 4. The zero-order valence-electron chi connectivity index (χ0n) is 25.9. The number of carbonyl (C=O) groups is 2. The number of hydrogen-bond donors (Lipinski definition) is 3. The maximum atomic E-state index is 13.7. The molecule has 0 saturated carbocycles. The largest absolute Gasteiger partial charge is 0.348 e. The van der Waals surface area contributed by atoms with Crippen molar-refractivity contribution >= 4 is 79.1 Å². The molecule has 6 aromatic rings. The summed E-state index contributed by atoms with van der Waals surface area (Å²) in [4.78, 5) is 46.4. The first kappa shape index (κ1) is 31.5. The Morgan fingerprint density at radius 1 is 0.630 bits per heavy atom. The number of halogens is 2. The highest BCUT2D eigenvalue weighted by atomic mass is 35.5. The number of aryl methyl sites for hydroxylation is 2. The number of aromatic nitrogens is 4. The van der Waals surface area contributed by atoms with Crippen molar-refractivity contribution in [2.24, 2.45) is 5.73 Å². The van der Waals surface area contributed by atoms with E-state index in [1.807, 2.05) is 39.8 Å². The second-order valence-electron chi connectivity index (χ2n) is 11.5. The van der Waals surface area contributed by atoms with Crippen LogP contribution in [0, 0.1) is 13.8 Å². The second-order valence-corrected chi connectivity index (χ2v) is 12.3. The van der Waals surface area contributed by atoms with Gasteiger partial charge in [-0.05, 0) is 74.2 Å². The first-order valence-corrected chi connectivity index (χ1v) is 15.9. The Morgan fingerprint density at radius 2 is 1.04 bits per heavy atom. The smallest absolute Gasteiger partial charge is 0.253 e. The number of amides is 2. The lowest BCUT2D eigenvalue weighted by atomic mass is 9.95. The molecule has 2 amide bonds. The predicted molar refractivity (Wildman–Crippen MR) is 185 cm³/mol. The lowest BCUT2D eigenvalue weighted by Crippen LogP contribution is -2.58. The Kier molecular flexibility index (Phi) is 8.74. The summed E-state index contributed by atoms with van der Waals surface area (Å²) in [5, 5.41) is 7.18. The van der Waals surface area contributed by atoms with Crippen LogP contribution in [0.4, 0.5) is 0 Å². The number of nitrogens with one attached hydrogen (secondary N) is 2. The minimum Gasteiger partial charge on any atom is -0.348 e. The summed E-state index contributed by atoms with van der Waals surface area (Å²) in [6, 6.07) is 16.4. The Bertz CT molecular complexity index is 2020. The summed E-state index contributed by atoms with van der Waals surface area (Å²) in [6.45, 7) is 7.74. The van der Waals surface area contributed by atoms with Gasteiger partial charge in [0.25, 0.3) is 11.8 Å². The molecule has 2 unspecified atom stereocenters. The van der Waals surface area contributed by atoms with Gasteiger partial charge in [-0.2, -0.15) is 0 Å². The minimum atomic E-state index is -0.589. The molecule has 4 aromatic carbocycles. The number of fused-ring (bicyclic) bond motifs is 4. The topological polar surface area (TPSA) is 136 Å². The standard InChI is InChI=1S/C35H33Cl2N7O2/c1-5-23(41-34(45)19-9-7-11-25-30(19)43-28-17(3)13-15-21(36)32(28)39-25)27(38)24(6-2)42-35(46)20-10-8-12-26-31(20)44-29-18(4)14-16-22(37)33(29)40-26/h7-16,23-24,27H,5-6,38H2,1-4H3,(H,41,45)(H,42,46). The summed E-state index contributed by atoms with van der Waals surface area (Å²) >= 11 is 12.8. The van der Waals surface area contributed by atoms with E-state index in [9.17, 15) is 9.59 Å². The maximum Gasteiger partial charge on any atom is 0.253 e. The van der Waals surface area contributed by atoms with Crippen LogP contribution in [0.3, 0.4) is 0 Å². The highest BCUT2D eigenvalue weighted by Crippen LogP contribution is 2.28. The Hall–Kier alpha value is -4.44. The minimum absolute atomic E-state index is 0.326. The third kappa shape index (κ3) is 5.70. The molecule has 0 bridgehead atoms. The highest BCUT2D eigenvalue weighted by molar-refractivity contribution is 6.35. The van der Waals surface area contributed by atoms with Crippen LogP contribution >= 0.6 is 23.2 Å². The van der Waals surface area contributed by atoms with Crippen LogP contribution in [0.25, 0.3) is 44.1 Å². The lowest BCUT2D eigenvalue weighted by Gasteiger charge is -2.31. The van der Waals surface area contributed by atoms with Crippen LogP contribution in [0.5, 0.6) is 0 Å². The van der Waals surface area contributed by atoms with Crippen molar-refractivity contribution in [2.45, 2.75) is 58.7 Å². The van der Waals surface area contributed by atoms with Gasteiger partial charge < -0.3 is 16.4 Å². The van der Waals surface area contributed by atoms with E-state index < -0.39 is 18.1 Å². The molecule has 2 heterocycles. The summed E-state index contributed by atoms with van der Waals surface area (Å²) in [7, 11) is 0. The van der Waals surface area contributed by atoms with Gasteiger partial charge in [0.15, 0.2) is 0 Å². The van der Waals surface area contributed by atoms with Crippen LogP contribution in [0.2, 0.25) is 10.0 Å². The number of rotatable bonds is 8. The summed E-state index contributed by atoms with van der Waals surface area (Å²) < 4.78 is 0. The fourth-order valence-corrected chi connectivity index (χ4v) is 6.22. The van der Waals surface area contributed by atoms with Crippen LogP contribution in [-0.4, -0.2) is 49.9 Å². The summed E-state index contributed by atoms with van der Waals surface area (Å²) in [6.07, 6.45) is 1.08. The van der Waals surface area contributed by atoms with Crippen molar-refractivity contribution in [3.63, 3.8) is 0 Å². The molecule has 0 saturated heterocycles. The molecule has 0 radical (unpaired) electrons. The third-order valence-corrected chi connectivity index (χ3v) is 9.09. The van der Waals surface area contributed by atoms with E-state index in [4.69, 9.17) is 48.9 Å². The molecule has 6 rings (SSSR count). The number of benzene rings is 4. The van der Waals surface area contributed by atoms with Gasteiger partial charge in [0.05, 0.1) is 43.2 Å². The first-order chi connectivity index (χ1) is 22.1. The average molecular weight is 655 g/mol. The Morgan fingerprint density at radius 3 is 1.43 bits per heavy atom. The fourth-order valence-electron chi connectivity index (χ4n) is 5.83. The number of hydrogen-bond acceptors (Lipinski definition) is 7. The molecule has 0 aliphatic heterocycles. The third-order valence-electron chi connectivity index (χ3n) is 8.48. The van der Waals surface area contributed by atoms with Crippen molar-refractivity contribution in [3.8, 4) is 0 Å². The normalized spacial score (nSPS) is 13.6. The molecule has 0 spiro atoms. The van der Waals surface area contributed by atoms with Gasteiger partial charge in [0, 0.05) is 18.1 Å². The summed E-state index contributed by atoms with van der Waals surface area (Å²) in [5.41, 5.74) is 13.9. The van der Waals surface area contributed by atoms with E-state index in [-0.39, 0.29) is 11.8 Å². The van der Waals surface area contributed by atoms with Gasteiger partial charge in [-0.1, -0.05) is 61.3 Å². The molecular formula is C35H33Cl2N7O2. The Labute approximate surface area is 275 Å². The lowest BCUT2D eigenvalue weighted by molar-refractivity contribution is 0.0909. The average Bonchev–Trinajstić information content (AvgIpc) is 3.07. The van der Waals surface area contributed by atoms with E-state index >= 15 is 0 Å². The number of nitrogens with two attached hydrogens (primary N) is 1. The molecule has 0 fully saturated rings. The predicted octanol–water partition coefficient (Wildman–Crippen LogP) is 6.85. The molecule has 46 heavy (non-hydrogen) atoms. The van der Waals surface area contributed by atoms with E-state index in [2.05, 4.69) is 10.6 Å². The van der Waals surface area contributed by atoms with Gasteiger partial charge in [-0.3, -0.25) is 9.59 Å². The van der Waals surface area contributed by atoms with E-state index in [0.717, 1.165) is 11.1 Å². The van der Waals surface area contributed by atoms with Crippen molar-refractivity contribution in [1.29, 1.82) is 0 Å². The summed E-state index contributed by atoms with van der Waals surface area (Å²) in [5.74, 6) is -0.653. The highest BCUT2D eigenvalue weighted by Gasteiger charge is 2.29. The van der Waals surface area contributed by atoms with Crippen molar-refractivity contribution in [3.05, 3.63) is 93.0 Å². The number of para-hydroxylation sites is 2. The van der Waals surface area contributed by atoms with Crippen molar-refractivity contribution in [1.82, 2.24) is 30.6 Å². The zero-order chi connectivity index (χ0) is 32.7. The van der Waals surface area contributed by atoms with E-state index in [0.29, 0.717) is 78.1 Å². The van der Waals surface area contributed by atoms with Crippen LogP contribution < -0.4 is 16.4 Å².